The van der Waals surface area contributed by atoms with Crippen LogP contribution in [0.25, 0.3) is 0 Å². The number of hydrogen-bond donors (Lipinski definition) is 4. The van der Waals surface area contributed by atoms with Crippen LogP contribution < -0.4 is 0 Å². The molecule has 0 atom stereocenters. The van der Waals surface area contributed by atoms with Gasteiger partial charge in [0.05, 0.1) is 11.9 Å². The van der Waals surface area contributed by atoms with Crippen LogP contribution in [0.15, 0.2) is 0 Å². The Bertz CT molecular complexity index is 2110. The Morgan fingerprint density at radius 3 is 1.31 bits per heavy atom. The molecule has 21 nitrogen and oxygen atoms in total. The van der Waals surface area contributed by atoms with E-state index in [1.807, 2.05) is 41.5 Å². The molecule has 0 radical (unpaired) electrons. The van der Waals surface area contributed by atoms with Crippen molar-refractivity contribution in [3.63, 3.8) is 0 Å². The lowest BCUT2D eigenvalue weighted by atomic mass is 9.50. The van der Waals surface area contributed by atoms with Crippen LogP contribution in [0.3, 0.4) is 0 Å². The fourth-order valence-corrected chi connectivity index (χ4v) is 7.94. The Morgan fingerprint density at radius 1 is 0.620 bits per heavy atom. The first-order valence-electron chi connectivity index (χ1n) is 23.7. The highest BCUT2D eigenvalue weighted by Crippen LogP contribution is 2.41. The van der Waals surface area contributed by atoms with Crippen LogP contribution in [0.4, 0.5) is 0 Å². The molecule has 0 aromatic carbocycles. The Morgan fingerprint density at radius 2 is 1.06 bits per heavy atom. The summed E-state index contributed by atoms with van der Waals surface area (Å²) >= 11 is 0. The molecule has 0 saturated heterocycles. The van der Waals surface area contributed by atoms with Crippen LogP contribution in [0.2, 0.25) is 12.1 Å². The monoisotopic (exact) mass is 1050 g/mol. The largest absolute Gasteiger partial charge is 0.450 e. The molecule has 3 heterocycles. The second-order valence-corrected chi connectivity index (χ2v) is 30.2. The lowest BCUT2D eigenvalue weighted by Gasteiger charge is -2.17. The number of ketones is 3. The van der Waals surface area contributed by atoms with Gasteiger partial charge in [-0.05, 0) is 74.2 Å². The number of carbonyl (C=O) groups is 3. The van der Waals surface area contributed by atoms with Gasteiger partial charge in [0.2, 0.25) is 0 Å². The van der Waals surface area contributed by atoms with Crippen LogP contribution in [-0.2, 0) is 61.1 Å². The maximum atomic E-state index is 10.9. The molecule has 3 aromatic heterocycles. The van der Waals surface area contributed by atoms with Gasteiger partial charge in [-0.2, -0.15) is 10.0 Å². The first kappa shape index (κ1) is 73.9. The number of H-pyrrole nitrogens is 1. The summed E-state index contributed by atoms with van der Waals surface area (Å²) in [5.74, 6) is 2.88. The lowest BCUT2D eigenvalue weighted by Crippen LogP contribution is -2.20. The van der Waals surface area contributed by atoms with Crippen LogP contribution in [-0.4, -0.2) is 127 Å². The fraction of sp³-hybridized carbons (Fsp3) is 0.872. The summed E-state index contributed by atoms with van der Waals surface area (Å²) in [6, 6.07) is 0. The van der Waals surface area contributed by atoms with E-state index in [0.29, 0.717) is 12.2 Å². The number of carbonyl (C=O) groups excluding carboxylic acids is 3. The first-order valence-corrected chi connectivity index (χ1v) is 27.6. The third kappa shape index (κ3) is 58.8. The summed E-state index contributed by atoms with van der Waals surface area (Å²) in [4.78, 5) is 50.4. The molecule has 3 rings (SSSR count). The Labute approximate surface area is 428 Å². The van der Waals surface area contributed by atoms with Crippen LogP contribution in [0.1, 0.15) is 190 Å². The summed E-state index contributed by atoms with van der Waals surface area (Å²) < 4.78 is 33.2. The van der Waals surface area contributed by atoms with E-state index in [1.54, 1.807) is 39.2 Å². The molecule has 71 heavy (non-hydrogen) atoms. The van der Waals surface area contributed by atoms with E-state index in [9.17, 15) is 27.4 Å². The molecule has 0 aliphatic carbocycles. The molecule has 0 spiro atoms. The number of nitrogens with zero attached hydrogens (tertiary/aromatic N) is 11. The van der Waals surface area contributed by atoms with Crippen molar-refractivity contribution >= 4 is 41.7 Å². The highest BCUT2D eigenvalue weighted by atomic mass is 32.2. The summed E-state index contributed by atoms with van der Waals surface area (Å²) in [5, 5.41) is 45.6. The molecule has 0 fully saturated rings. The zero-order chi connectivity index (χ0) is 57.4. The first-order chi connectivity index (χ1) is 31.1. The van der Waals surface area contributed by atoms with E-state index >= 15 is 0 Å². The molecule has 414 valence electrons. The van der Waals surface area contributed by atoms with Gasteiger partial charge >= 0.3 is 7.60 Å². The van der Waals surface area contributed by atoms with Crippen LogP contribution in [0.5, 0.6) is 0 Å². The zero-order valence-corrected chi connectivity index (χ0v) is 50.5. The van der Waals surface area contributed by atoms with E-state index in [4.69, 9.17) is 14.8 Å². The average molecular weight is 1050 g/mol. The highest BCUT2D eigenvalue weighted by Gasteiger charge is 2.24. The third-order valence-corrected chi connectivity index (χ3v) is 10.5. The van der Waals surface area contributed by atoms with Gasteiger partial charge in [0, 0.05) is 31.9 Å². The van der Waals surface area contributed by atoms with Crippen LogP contribution in [0, 0.1) is 32.5 Å². The number of nitrogens with one attached hydrogen (secondary N) is 1. The summed E-state index contributed by atoms with van der Waals surface area (Å²) in [6.45, 7) is 49.2. The van der Waals surface area contributed by atoms with Gasteiger partial charge in [0.1, 0.15) is 28.7 Å². The van der Waals surface area contributed by atoms with Gasteiger partial charge in [-0.1, -0.05) is 157 Å². The van der Waals surface area contributed by atoms with E-state index in [1.165, 1.54) is 24.9 Å². The molecule has 3 aromatic rings. The Kier molecular flexibility index (Phi) is 32.4. The molecule has 0 amide bonds. The van der Waals surface area contributed by atoms with Crippen molar-refractivity contribution in [2.24, 2.45) is 32.5 Å². The van der Waals surface area contributed by atoms with E-state index in [-0.39, 0.29) is 87.1 Å². The molecular formula is C47H98BN12O9PS. The number of aromatic amines is 1. The molecule has 4 N–H and O–H groups in total. The van der Waals surface area contributed by atoms with Crippen molar-refractivity contribution in [1.82, 2.24) is 61.0 Å². The molecular weight excluding hydrogens is 950 g/mol. The molecule has 0 aliphatic rings. The second-order valence-electron chi connectivity index (χ2n) is 26.4. The maximum Gasteiger partial charge on any atom is 0.326 e. The van der Waals surface area contributed by atoms with Gasteiger partial charge in [0.15, 0.2) is 29.0 Å². The minimum absolute atomic E-state index is 0.0321. The smallest absolute Gasteiger partial charge is 0.326 e. The van der Waals surface area contributed by atoms with E-state index in [2.05, 4.69) is 135 Å². The topological polar surface area (TPSA) is 305 Å². The molecule has 0 bridgehead atoms. The minimum Gasteiger partial charge on any atom is -0.450 e. The normalized spacial score (nSPS) is 12.2. The fourth-order valence-electron chi connectivity index (χ4n) is 5.13. The van der Waals surface area contributed by atoms with Gasteiger partial charge in [-0.15, -0.1) is 25.5 Å². The number of tetrazole rings is 3. The predicted molar refractivity (Wildman–Crippen MR) is 284 cm³/mol. The number of aromatic nitrogens is 12. The minimum atomic E-state index is -3.79. The van der Waals surface area contributed by atoms with Crippen molar-refractivity contribution in [2.75, 3.05) is 18.2 Å². The van der Waals surface area contributed by atoms with Gasteiger partial charge in [0.25, 0.3) is 6.92 Å². The molecule has 24 heteroatoms. The summed E-state index contributed by atoms with van der Waals surface area (Å²) in [5.41, 5.74) is 0.301. The van der Waals surface area contributed by atoms with Crippen molar-refractivity contribution < 1.29 is 42.2 Å². The maximum absolute atomic E-state index is 10.9. The standard InChI is InChI=1S/2C9H16N4O.C7H14O.C6H12N4.C6H14O2S.C5H13BO.C5H13O3P/c1-7(14)6-13-8(10-11-12-13)5-9(2,3)4;1-7(14)6-13-11-8(10-12-13)5-9(2,3)4;1-6(8)5-7(2,3)4;1-6(2,3)4-5-7-9-10-8-5;1-6(2,3)5-9(4,7)8;1-5(2,3)6(4)7;1-5(2,3)4-9(6,7)8/h2*5-6H2,1-4H3;5H2,1-4H3;4H2,1-3H3,(H,7,8,9,10);5H2,1-4H3;7H,1-4H3;4H2,1-3H3,(H2,6,7,8). The summed E-state index contributed by atoms with van der Waals surface area (Å²) in [6.07, 6.45) is 4.31. The number of sulfone groups is 1. The quantitative estimate of drug-likeness (QED) is 0.110. The third-order valence-electron chi connectivity index (χ3n) is 7.70. The van der Waals surface area contributed by atoms with Crippen molar-refractivity contribution in [3.05, 3.63) is 17.5 Å². The highest BCUT2D eigenvalue weighted by molar-refractivity contribution is 7.90. The second kappa shape index (κ2) is 31.2. The SMILES string of the molecule is CB(O)C(C)(C)C.CC(=O)CC(C)(C)C.CC(=O)Cn1nnc(CC(C)(C)C)n1.CC(=O)Cn1nnnc1CC(C)(C)C.CC(C)(C)CP(=O)(O)O.CC(C)(C)CS(C)(=O)=O.CC(C)(C)Cc1nn[nH]n1. The predicted octanol–water partition coefficient (Wildman–Crippen LogP) is 8.19. The Balaban J connectivity index is -0.000000375. The number of Topliss-reactive ketones (excluding diaryl/α,β-unsaturated/α-hetero) is 3. The van der Waals surface area contributed by atoms with Crippen molar-refractivity contribution in [2.45, 2.75) is 217 Å². The van der Waals surface area contributed by atoms with Gasteiger partial charge in [-0.25, -0.2) is 13.1 Å². The number of hydrogen-bond acceptors (Lipinski definition) is 16. The summed E-state index contributed by atoms with van der Waals surface area (Å²) in [7, 11) is -6.57. The molecule has 0 unspecified atom stereocenters. The zero-order valence-electron chi connectivity index (χ0n) is 48.8. The van der Waals surface area contributed by atoms with Crippen molar-refractivity contribution in [1.29, 1.82) is 0 Å². The van der Waals surface area contributed by atoms with Gasteiger partial charge < -0.3 is 19.6 Å². The van der Waals surface area contributed by atoms with Gasteiger partial charge in [-0.3, -0.25) is 14.2 Å². The average Bonchev–Trinajstić information content (AvgIpc) is 3.79. The van der Waals surface area contributed by atoms with Crippen molar-refractivity contribution in [3.8, 4) is 0 Å². The van der Waals surface area contributed by atoms with E-state index in [0.717, 1.165) is 30.9 Å². The molecule has 0 aliphatic heterocycles. The van der Waals surface area contributed by atoms with E-state index < -0.39 is 17.4 Å². The Hall–Kier alpha value is -3.66. The number of rotatable bonds is 10. The van der Waals surface area contributed by atoms with Crippen LogP contribution >= 0.6 is 7.60 Å². The lowest BCUT2D eigenvalue weighted by molar-refractivity contribution is -0.119. The molecule has 0 saturated carbocycles.